The first-order valence-corrected chi connectivity index (χ1v) is 12.0. The molecule has 0 radical (unpaired) electrons. The molecule has 1 aromatic rings. The number of piperazine rings is 1. The van der Waals surface area contributed by atoms with Crippen LogP contribution in [-0.2, 0) is 14.3 Å². The predicted octanol–water partition coefficient (Wildman–Crippen LogP) is 3.06. The minimum absolute atomic E-state index is 0.202. The first-order chi connectivity index (χ1) is 15.8. The molecular weight excluding hydrogens is 467 g/mol. The Morgan fingerprint density at radius 1 is 1.15 bits per heavy atom. The topological polar surface area (TPSA) is 82.2 Å². The molecule has 2 fully saturated rings. The van der Waals surface area contributed by atoms with Crippen LogP contribution in [0.2, 0.25) is 10.0 Å². The van der Waals surface area contributed by atoms with Gasteiger partial charge in [0.25, 0.3) is 0 Å². The van der Waals surface area contributed by atoms with E-state index in [0.29, 0.717) is 59.6 Å². The van der Waals surface area contributed by atoms with Crippen LogP contribution in [0.25, 0.3) is 0 Å². The molecule has 3 amide bonds. The number of amides is 3. The molecule has 1 saturated heterocycles. The zero-order chi connectivity index (χ0) is 23.7. The van der Waals surface area contributed by atoms with Crippen LogP contribution < -0.4 is 5.32 Å². The molecule has 0 aromatic heterocycles. The smallest absolute Gasteiger partial charge is 0.338 e. The third-order valence-corrected chi connectivity index (χ3v) is 6.89. The summed E-state index contributed by atoms with van der Waals surface area (Å²) in [5.74, 6) is -0.0571. The van der Waals surface area contributed by atoms with E-state index in [1.54, 1.807) is 32.2 Å². The second kappa shape index (κ2) is 9.91. The summed E-state index contributed by atoms with van der Waals surface area (Å²) in [7, 11) is 1.64. The largest absolute Gasteiger partial charge is 0.463 e. The number of rotatable bonds is 6. The van der Waals surface area contributed by atoms with E-state index in [9.17, 15) is 14.4 Å². The van der Waals surface area contributed by atoms with E-state index in [1.807, 2.05) is 4.90 Å². The van der Waals surface area contributed by atoms with Gasteiger partial charge >= 0.3 is 12.0 Å². The Balaban J connectivity index is 1.62. The van der Waals surface area contributed by atoms with Gasteiger partial charge in [-0.1, -0.05) is 29.3 Å². The van der Waals surface area contributed by atoms with Gasteiger partial charge in [0, 0.05) is 61.4 Å². The van der Waals surface area contributed by atoms with E-state index in [0.717, 1.165) is 12.8 Å². The van der Waals surface area contributed by atoms with Gasteiger partial charge in [-0.25, -0.2) is 9.59 Å². The van der Waals surface area contributed by atoms with E-state index in [-0.39, 0.29) is 24.5 Å². The summed E-state index contributed by atoms with van der Waals surface area (Å²) in [6.07, 6.45) is 1.98. The van der Waals surface area contributed by atoms with Crippen LogP contribution >= 0.6 is 23.2 Å². The van der Waals surface area contributed by atoms with Crippen molar-refractivity contribution < 1.29 is 19.1 Å². The van der Waals surface area contributed by atoms with Crippen molar-refractivity contribution in [2.75, 3.05) is 46.4 Å². The van der Waals surface area contributed by atoms with Crippen LogP contribution in [0.3, 0.4) is 0 Å². The fourth-order valence-corrected chi connectivity index (χ4v) is 4.81. The van der Waals surface area contributed by atoms with E-state index in [4.69, 9.17) is 27.9 Å². The van der Waals surface area contributed by atoms with Crippen molar-refractivity contribution >= 4 is 41.1 Å². The molecule has 0 unspecified atom stereocenters. The van der Waals surface area contributed by atoms with Gasteiger partial charge < -0.3 is 15.0 Å². The SMILES string of the molecule is CCOC(=O)C1=C(CN2CCN(C(=O)C3CC3)CC2)N(C)C(=O)N[C@@H]1c1ccc(Cl)cc1Cl. The van der Waals surface area contributed by atoms with E-state index >= 15 is 0 Å². The van der Waals surface area contributed by atoms with Gasteiger partial charge in [-0.3, -0.25) is 14.6 Å². The quantitative estimate of drug-likeness (QED) is 0.614. The zero-order valence-corrected chi connectivity index (χ0v) is 20.3. The Morgan fingerprint density at radius 3 is 2.45 bits per heavy atom. The third-order valence-electron chi connectivity index (χ3n) is 6.33. The molecular formula is C23H28Cl2N4O4. The van der Waals surface area contributed by atoms with Crippen LogP contribution in [0.15, 0.2) is 29.5 Å². The average Bonchev–Trinajstić information content (AvgIpc) is 3.62. The van der Waals surface area contributed by atoms with Crippen molar-refractivity contribution in [3.63, 3.8) is 0 Å². The number of ether oxygens (including phenoxy) is 1. The van der Waals surface area contributed by atoms with Crippen molar-refractivity contribution in [2.45, 2.75) is 25.8 Å². The number of carbonyl (C=O) groups excluding carboxylic acids is 3. The van der Waals surface area contributed by atoms with Gasteiger partial charge in [0.2, 0.25) is 5.91 Å². The molecule has 1 N–H and O–H groups in total. The lowest BCUT2D eigenvalue weighted by Gasteiger charge is -2.39. The second-order valence-corrected chi connectivity index (χ2v) is 9.41. The minimum atomic E-state index is -0.759. The zero-order valence-electron chi connectivity index (χ0n) is 18.8. The van der Waals surface area contributed by atoms with Crippen molar-refractivity contribution in [1.29, 1.82) is 0 Å². The lowest BCUT2D eigenvalue weighted by Crippen LogP contribution is -2.53. The van der Waals surface area contributed by atoms with E-state index in [2.05, 4.69) is 10.2 Å². The molecule has 178 valence electrons. The monoisotopic (exact) mass is 494 g/mol. The summed E-state index contributed by atoms with van der Waals surface area (Å²) in [6.45, 7) is 4.93. The van der Waals surface area contributed by atoms with Gasteiger partial charge in [0.1, 0.15) is 0 Å². The van der Waals surface area contributed by atoms with Crippen molar-refractivity contribution in [3.05, 3.63) is 45.1 Å². The van der Waals surface area contributed by atoms with Crippen LogP contribution in [0.4, 0.5) is 4.79 Å². The number of nitrogens with zero attached hydrogens (tertiary/aromatic N) is 3. The van der Waals surface area contributed by atoms with Gasteiger partial charge in [0.05, 0.1) is 18.2 Å². The number of hydrogen-bond donors (Lipinski definition) is 1. The van der Waals surface area contributed by atoms with Crippen LogP contribution in [0.5, 0.6) is 0 Å². The highest BCUT2D eigenvalue weighted by Gasteiger charge is 2.39. The standard InChI is InChI=1S/C23H28Cl2N4O4/c1-3-33-22(31)19-18(13-28-8-10-29(11-9-28)21(30)14-4-5-14)27(2)23(32)26-20(19)16-7-6-15(24)12-17(16)25/h6-7,12,14,20H,3-5,8-11,13H2,1-2H3,(H,26,32)/t20-/m1/s1. The van der Waals surface area contributed by atoms with Crippen molar-refractivity contribution in [3.8, 4) is 0 Å². The highest BCUT2D eigenvalue weighted by atomic mass is 35.5. The molecule has 2 heterocycles. The first-order valence-electron chi connectivity index (χ1n) is 11.2. The number of benzene rings is 1. The molecule has 33 heavy (non-hydrogen) atoms. The number of halogens is 2. The lowest BCUT2D eigenvalue weighted by molar-refractivity contribution is -0.139. The Kier molecular flexibility index (Phi) is 7.16. The minimum Gasteiger partial charge on any atom is -0.463 e. The maximum absolute atomic E-state index is 13.1. The Hall–Kier alpha value is -2.29. The average molecular weight is 495 g/mol. The fourth-order valence-electron chi connectivity index (χ4n) is 4.29. The molecule has 1 aromatic carbocycles. The van der Waals surface area contributed by atoms with Gasteiger partial charge in [-0.05, 0) is 37.5 Å². The fraction of sp³-hybridized carbons (Fsp3) is 0.522. The summed E-state index contributed by atoms with van der Waals surface area (Å²) in [5, 5.41) is 3.68. The normalized spacial score (nSPS) is 21.8. The van der Waals surface area contributed by atoms with Crippen molar-refractivity contribution in [2.24, 2.45) is 5.92 Å². The summed E-state index contributed by atoms with van der Waals surface area (Å²) in [6, 6.07) is 3.87. The maximum Gasteiger partial charge on any atom is 0.338 e. The number of urea groups is 1. The highest BCUT2D eigenvalue weighted by molar-refractivity contribution is 6.35. The second-order valence-electron chi connectivity index (χ2n) is 8.56. The lowest BCUT2D eigenvalue weighted by atomic mass is 9.94. The number of likely N-dealkylation sites (N-methyl/N-ethyl adjacent to an activating group) is 1. The summed E-state index contributed by atoms with van der Waals surface area (Å²) in [5.41, 5.74) is 1.48. The number of nitrogens with one attached hydrogen (secondary N) is 1. The van der Waals surface area contributed by atoms with Crippen LogP contribution in [0.1, 0.15) is 31.4 Å². The maximum atomic E-state index is 13.1. The number of carbonyl (C=O) groups is 3. The number of hydrogen-bond acceptors (Lipinski definition) is 5. The van der Waals surface area contributed by atoms with Gasteiger partial charge in [-0.15, -0.1) is 0 Å². The molecule has 8 nitrogen and oxygen atoms in total. The van der Waals surface area contributed by atoms with E-state index in [1.165, 1.54) is 4.90 Å². The molecule has 0 bridgehead atoms. The molecule has 1 saturated carbocycles. The predicted molar refractivity (Wildman–Crippen MR) is 125 cm³/mol. The summed E-state index contributed by atoms with van der Waals surface area (Å²) in [4.78, 5) is 43.8. The Morgan fingerprint density at radius 2 is 1.85 bits per heavy atom. The molecule has 4 rings (SSSR count). The molecule has 0 spiro atoms. The molecule has 1 aliphatic carbocycles. The Labute approximate surface area is 203 Å². The van der Waals surface area contributed by atoms with Crippen molar-refractivity contribution in [1.82, 2.24) is 20.0 Å². The molecule has 3 aliphatic rings. The summed E-state index contributed by atoms with van der Waals surface area (Å²) >= 11 is 12.5. The van der Waals surface area contributed by atoms with Crippen LogP contribution in [0, 0.1) is 5.92 Å². The Bertz CT molecular complexity index is 987. The third kappa shape index (κ3) is 5.13. The summed E-state index contributed by atoms with van der Waals surface area (Å²) < 4.78 is 5.37. The highest BCUT2D eigenvalue weighted by Crippen LogP contribution is 2.36. The van der Waals surface area contributed by atoms with Gasteiger partial charge in [-0.2, -0.15) is 0 Å². The molecule has 1 atom stereocenters. The van der Waals surface area contributed by atoms with E-state index < -0.39 is 12.0 Å². The first kappa shape index (κ1) is 23.9. The van der Waals surface area contributed by atoms with Crippen LogP contribution in [-0.4, -0.2) is 79.0 Å². The molecule has 2 aliphatic heterocycles. The molecule has 10 heteroatoms. The number of esters is 1. The van der Waals surface area contributed by atoms with Gasteiger partial charge in [0.15, 0.2) is 0 Å².